The van der Waals surface area contributed by atoms with E-state index in [1.165, 1.54) is 11.1 Å². The number of carbonyl (C=O) groups is 1. The van der Waals surface area contributed by atoms with Gasteiger partial charge in [0.2, 0.25) is 6.79 Å². The zero-order valence-corrected chi connectivity index (χ0v) is 14.5. The molecule has 1 fully saturated rings. The molecular weight excluding hydrogens is 348 g/mol. The summed E-state index contributed by atoms with van der Waals surface area (Å²) in [7, 11) is 0. The number of aliphatic hydroxyl groups excluding tert-OH is 1. The van der Waals surface area contributed by atoms with Gasteiger partial charge in [0.15, 0.2) is 11.5 Å². The molecule has 3 aliphatic rings. The van der Waals surface area contributed by atoms with Crippen LogP contribution in [0.5, 0.6) is 11.5 Å². The largest absolute Gasteiger partial charge is 0.454 e. The Morgan fingerprint density at radius 3 is 2.96 bits per heavy atom. The Balaban J connectivity index is 1.53. The minimum atomic E-state index is -0.924. The Hall–Kier alpha value is -3.10. The summed E-state index contributed by atoms with van der Waals surface area (Å²) in [5.41, 5.74) is 5.96. The molecule has 3 atom stereocenters. The molecule has 1 aromatic carbocycles. The number of rotatable bonds is 2. The average molecular weight is 366 g/mol. The van der Waals surface area contributed by atoms with Crippen LogP contribution >= 0.6 is 0 Å². The SMILES string of the molecule is Cc1c(C2=CC(=O)N3NC(O)C(c4ccccn4)C3N2)ccc2c1OCO2. The van der Waals surface area contributed by atoms with Gasteiger partial charge in [0.25, 0.3) is 5.91 Å². The smallest absolute Gasteiger partial charge is 0.264 e. The Kier molecular flexibility index (Phi) is 3.56. The van der Waals surface area contributed by atoms with Gasteiger partial charge >= 0.3 is 0 Å². The molecule has 1 saturated heterocycles. The van der Waals surface area contributed by atoms with Crippen molar-refractivity contribution in [3.8, 4) is 11.5 Å². The first-order valence-electron chi connectivity index (χ1n) is 8.69. The first-order chi connectivity index (χ1) is 13.1. The average Bonchev–Trinajstić information content (AvgIpc) is 3.27. The van der Waals surface area contributed by atoms with Crippen LogP contribution < -0.4 is 20.2 Å². The molecule has 5 rings (SSSR count). The fourth-order valence-electron chi connectivity index (χ4n) is 3.84. The molecule has 0 bridgehead atoms. The minimum absolute atomic E-state index is 0.194. The molecule has 3 N–H and O–H groups in total. The normalized spacial score (nSPS) is 25.9. The summed E-state index contributed by atoms with van der Waals surface area (Å²) in [5, 5.41) is 15.3. The Bertz CT molecular complexity index is 946. The van der Waals surface area contributed by atoms with Crippen LogP contribution in [0.4, 0.5) is 0 Å². The number of pyridine rings is 1. The van der Waals surface area contributed by atoms with Gasteiger partial charge < -0.3 is 19.9 Å². The number of amides is 1. The number of nitrogens with zero attached hydrogens (tertiary/aromatic N) is 2. The third-order valence-corrected chi connectivity index (χ3v) is 5.15. The van der Waals surface area contributed by atoms with E-state index >= 15 is 0 Å². The number of nitrogens with one attached hydrogen (secondary N) is 2. The number of hydrogen-bond donors (Lipinski definition) is 3. The summed E-state index contributed by atoms with van der Waals surface area (Å²) >= 11 is 0. The van der Waals surface area contributed by atoms with Crippen molar-refractivity contribution in [2.45, 2.75) is 25.2 Å². The van der Waals surface area contributed by atoms with Crippen LogP contribution in [0.1, 0.15) is 22.7 Å². The van der Waals surface area contributed by atoms with Gasteiger partial charge in [-0.25, -0.2) is 10.4 Å². The molecule has 8 heteroatoms. The second kappa shape index (κ2) is 5.97. The van der Waals surface area contributed by atoms with E-state index in [4.69, 9.17) is 9.47 Å². The van der Waals surface area contributed by atoms with Crippen molar-refractivity contribution in [1.82, 2.24) is 20.7 Å². The molecule has 1 amide bonds. The molecule has 1 aromatic heterocycles. The van der Waals surface area contributed by atoms with E-state index in [0.717, 1.165) is 11.1 Å². The summed E-state index contributed by atoms with van der Waals surface area (Å²) in [6.45, 7) is 2.12. The Morgan fingerprint density at radius 1 is 1.26 bits per heavy atom. The van der Waals surface area contributed by atoms with E-state index < -0.39 is 18.3 Å². The first-order valence-corrected chi connectivity index (χ1v) is 8.69. The van der Waals surface area contributed by atoms with E-state index in [-0.39, 0.29) is 12.7 Å². The highest BCUT2D eigenvalue weighted by Gasteiger charge is 2.47. The highest BCUT2D eigenvalue weighted by molar-refractivity contribution is 5.97. The Morgan fingerprint density at radius 2 is 2.15 bits per heavy atom. The van der Waals surface area contributed by atoms with Crippen LogP contribution in [0.15, 0.2) is 42.6 Å². The van der Waals surface area contributed by atoms with Crippen LogP contribution in [0.2, 0.25) is 0 Å². The number of hydrazine groups is 1. The van der Waals surface area contributed by atoms with E-state index in [1.54, 1.807) is 6.20 Å². The van der Waals surface area contributed by atoms with Gasteiger partial charge in [0.05, 0.1) is 11.6 Å². The molecule has 3 unspecified atom stereocenters. The molecule has 0 saturated carbocycles. The van der Waals surface area contributed by atoms with E-state index in [2.05, 4.69) is 15.7 Å². The maximum absolute atomic E-state index is 12.7. The quantitative estimate of drug-likeness (QED) is 0.725. The predicted octanol–water partition coefficient (Wildman–Crippen LogP) is 0.838. The number of aliphatic hydroxyl groups is 1. The molecule has 4 heterocycles. The molecular formula is C19H18N4O4. The summed E-state index contributed by atoms with van der Waals surface area (Å²) < 4.78 is 11.0. The lowest BCUT2D eigenvalue weighted by molar-refractivity contribution is -0.131. The highest BCUT2D eigenvalue weighted by atomic mass is 16.7. The molecule has 2 aromatic rings. The van der Waals surface area contributed by atoms with Gasteiger partial charge in [-0.15, -0.1) is 0 Å². The van der Waals surface area contributed by atoms with Gasteiger partial charge in [0.1, 0.15) is 12.4 Å². The minimum Gasteiger partial charge on any atom is -0.454 e. The maximum atomic E-state index is 12.7. The summed E-state index contributed by atoms with van der Waals surface area (Å²) in [4.78, 5) is 17.0. The molecule has 8 nitrogen and oxygen atoms in total. The van der Waals surface area contributed by atoms with Crippen LogP contribution in [0.3, 0.4) is 0 Å². The van der Waals surface area contributed by atoms with Gasteiger partial charge in [-0.2, -0.15) is 0 Å². The number of fused-ring (bicyclic) bond motifs is 2. The lowest BCUT2D eigenvalue weighted by Gasteiger charge is -2.33. The maximum Gasteiger partial charge on any atom is 0.264 e. The van der Waals surface area contributed by atoms with Crippen LogP contribution in [0, 0.1) is 6.92 Å². The third-order valence-electron chi connectivity index (χ3n) is 5.15. The van der Waals surface area contributed by atoms with Gasteiger partial charge in [0, 0.05) is 29.1 Å². The molecule has 27 heavy (non-hydrogen) atoms. The van der Waals surface area contributed by atoms with Crippen molar-refractivity contribution in [2.24, 2.45) is 0 Å². The lowest BCUT2D eigenvalue weighted by Crippen LogP contribution is -2.52. The number of carbonyl (C=O) groups excluding carboxylic acids is 1. The van der Waals surface area contributed by atoms with Crippen molar-refractivity contribution >= 4 is 11.6 Å². The van der Waals surface area contributed by atoms with Crippen molar-refractivity contribution in [2.75, 3.05) is 6.79 Å². The zero-order valence-electron chi connectivity index (χ0n) is 14.5. The van der Waals surface area contributed by atoms with Crippen LogP contribution in [-0.4, -0.2) is 40.2 Å². The monoisotopic (exact) mass is 366 g/mol. The number of aromatic nitrogens is 1. The van der Waals surface area contributed by atoms with Crippen LogP contribution in [-0.2, 0) is 4.79 Å². The fourth-order valence-corrected chi connectivity index (χ4v) is 3.84. The zero-order chi connectivity index (χ0) is 18.5. The predicted molar refractivity (Wildman–Crippen MR) is 95.2 cm³/mol. The first kappa shape index (κ1) is 16.1. The molecule has 0 aliphatic carbocycles. The molecule has 0 radical (unpaired) electrons. The summed E-state index contributed by atoms with van der Waals surface area (Å²) in [6.07, 6.45) is 1.80. The second-order valence-corrected chi connectivity index (χ2v) is 6.68. The van der Waals surface area contributed by atoms with Crippen molar-refractivity contribution in [3.05, 3.63) is 59.4 Å². The molecule has 3 aliphatic heterocycles. The number of ether oxygens (including phenoxy) is 2. The fraction of sp³-hybridized carbons (Fsp3) is 0.263. The number of benzene rings is 1. The molecule has 138 valence electrons. The summed E-state index contributed by atoms with van der Waals surface area (Å²) in [5.74, 6) is 0.748. The summed E-state index contributed by atoms with van der Waals surface area (Å²) in [6, 6.07) is 9.26. The van der Waals surface area contributed by atoms with E-state index in [9.17, 15) is 9.90 Å². The van der Waals surface area contributed by atoms with Gasteiger partial charge in [-0.1, -0.05) is 6.07 Å². The van der Waals surface area contributed by atoms with E-state index in [0.29, 0.717) is 22.9 Å². The molecule has 0 spiro atoms. The van der Waals surface area contributed by atoms with Crippen molar-refractivity contribution in [1.29, 1.82) is 0 Å². The lowest BCUT2D eigenvalue weighted by atomic mass is 9.97. The Labute approximate surface area is 155 Å². The van der Waals surface area contributed by atoms with Gasteiger partial charge in [-0.3, -0.25) is 9.78 Å². The second-order valence-electron chi connectivity index (χ2n) is 6.68. The standard InChI is InChI=1S/C19H18N4O4/c1-10-11(5-6-14-17(10)27-9-26-14)13-8-15(24)23-18(21-13)16(19(25)22-23)12-4-2-3-7-20-12/h2-8,16,18-19,21-22,25H,9H2,1H3. The van der Waals surface area contributed by atoms with Crippen molar-refractivity contribution in [3.63, 3.8) is 0 Å². The highest BCUT2D eigenvalue weighted by Crippen LogP contribution is 2.40. The topological polar surface area (TPSA) is 96.0 Å². The van der Waals surface area contributed by atoms with Crippen LogP contribution in [0.25, 0.3) is 5.70 Å². The third kappa shape index (κ3) is 2.45. The van der Waals surface area contributed by atoms with Gasteiger partial charge in [-0.05, 0) is 31.2 Å². The van der Waals surface area contributed by atoms with Crippen molar-refractivity contribution < 1.29 is 19.4 Å². The van der Waals surface area contributed by atoms with E-state index in [1.807, 2.05) is 37.3 Å². The number of hydrogen-bond acceptors (Lipinski definition) is 7.